The van der Waals surface area contributed by atoms with Gasteiger partial charge in [-0.2, -0.15) is 0 Å². The van der Waals surface area contributed by atoms with E-state index in [1.165, 1.54) is 13.2 Å². The lowest BCUT2D eigenvalue weighted by atomic mass is 10.00. The smallest absolute Gasteiger partial charge is 0.166 e. The fourth-order valence-electron chi connectivity index (χ4n) is 1.93. The molecule has 106 valence electrons. The maximum atomic E-state index is 13.5. The van der Waals surface area contributed by atoms with Crippen LogP contribution in [0.2, 0.25) is 5.02 Å². The number of methoxy groups -OCH3 is 1. The van der Waals surface area contributed by atoms with E-state index in [0.717, 1.165) is 16.1 Å². The van der Waals surface area contributed by atoms with Gasteiger partial charge in [0.05, 0.1) is 7.11 Å². The number of hydrogen-bond acceptors (Lipinski definition) is 2. The molecule has 1 atom stereocenters. The summed E-state index contributed by atoms with van der Waals surface area (Å²) in [6.45, 7) is 1.95. The van der Waals surface area contributed by atoms with Crippen LogP contribution in [0.5, 0.6) is 5.75 Å². The number of aliphatic hydroxyl groups is 1. The molecule has 1 N–H and O–H groups in total. The summed E-state index contributed by atoms with van der Waals surface area (Å²) in [6.07, 6.45) is -0.966. The second-order valence-electron chi connectivity index (χ2n) is 4.44. The van der Waals surface area contributed by atoms with Crippen LogP contribution in [-0.4, -0.2) is 12.2 Å². The van der Waals surface area contributed by atoms with E-state index in [-0.39, 0.29) is 10.8 Å². The molecule has 0 bridgehead atoms. The normalized spacial score (nSPS) is 12.3. The molecule has 2 nitrogen and oxygen atoms in total. The van der Waals surface area contributed by atoms with Crippen LogP contribution in [0.3, 0.4) is 0 Å². The van der Waals surface area contributed by atoms with Gasteiger partial charge >= 0.3 is 0 Å². The van der Waals surface area contributed by atoms with Crippen molar-refractivity contribution in [1.82, 2.24) is 0 Å². The summed E-state index contributed by atoms with van der Waals surface area (Å²) >= 11 is 9.43. The van der Waals surface area contributed by atoms with Crippen molar-refractivity contribution >= 4 is 27.5 Å². The van der Waals surface area contributed by atoms with Crippen LogP contribution >= 0.6 is 27.5 Å². The van der Waals surface area contributed by atoms with Crippen LogP contribution in [0.1, 0.15) is 22.8 Å². The van der Waals surface area contributed by atoms with Crippen LogP contribution < -0.4 is 4.74 Å². The average Bonchev–Trinajstić information content (AvgIpc) is 2.38. The summed E-state index contributed by atoms with van der Waals surface area (Å²) in [4.78, 5) is 0. The first-order chi connectivity index (χ1) is 9.43. The summed E-state index contributed by atoms with van der Waals surface area (Å²) in [5.74, 6) is -0.511. The minimum absolute atomic E-state index is 0.0479. The highest BCUT2D eigenvalue weighted by molar-refractivity contribution is 9.10. The van der Waals surface area contributed by atoms with Gasteiger partial charge in [-0.05, 0) is 36.2 Å². The van der Waals surface area contributed by atoms with Crippen LogP contribution in [0, 0.1) is 12.7 Å². The molecule has 0 aliphatic carbocycles. The maximum absolute atomic E-state index is 13.5. The lowest BCUT2D eigenvalue weighted by Gasteiger charge is -2.16. The Morgan fingerprint density at radius 2 is 1.95 bits per heavy atom. The van der Waals surface area contributed by atoms with Crippen LogP contribution in [-0.2, 0) is 0 Å². The number of aliphatic hydroxyl groups excluding tert-OH is 1. The van der Waals surface area contributed by atoms with Crippen molar-refractivity contribution in [3.8, 4) is 5.75 Å². The van der Waals surface area contributed by atoms with Gasteiger partial charge < -0.3 is 9.84 Å². The second-order valence-corrected chi connectivity index (χ2v) is 5.70. The molecule has 0 aliphatic rings. The minimum Gasteiger partial charge on any atom is -0.494 e. The van der Waals surface area contributed by atoms with E-state index >= 15 is 0 Å². The van der Waals surface area contributed by atoms with E-state index in [1.54, 1.807) is 6.07 Å². The molecule has 2 aromatic carbocycles. The van der Waals surface area contributed by atoms with Crippen molar-refractivity contribution in [2.24, 2.45) is 0 Å². The highest BCUT2D eigenvalue weighted by atomic mass is 79.9. The van der Waals surface area contributed by atoms with Crippen LogP contribution in [0.4, 0.5) is 4.39 Å². The van der Waals surface area contributed by atoms with Gasteiger partial charge in [0.2, 0.25) is 0 Å². The molecule has 0 saturated carbocycles. The predicted octanol–water partition coefficient (Wildman–Crippen LogP) is 4.64. The first-order valence-corrected chi connectivity index (χ1v) is 7.08. The van der Waals surface area contributed by atoms with Crippen molar-refractivity contribution in [2.45, 2.75) is 13.0 Å². The Hall–Kier alpha value is -1.10. The Bertz CT molecular complexity index is 646. The summed E-state index contributed by atoms with van der Waals surface area (Å²) in [5.41, 5.74) is 2.12. The van der Waals surface area contributed by atoms with Gasteiger partial charge in [0.15, 0.2) is 11.6 Å². The summed E-state index contributed by atoms with van der Waals surface area (Å²) < 4.78 is 19.2. The summed E-state index contributed by atoms with van der Waals surface area (Å²) in [7, 11) is 1.37. The number of ether oxygens (including phenoxy) is 1. The lowest BCUT2D eigenvalue weighted by Crippen LogP contribution is -2.03. The third-order valence-corrected chi connectivity index (χ3v) is 4.03. The zero-order valence-corrected chi connectivity index (χ0v) is 13.3. The minimum atomic E-state index is -0.966. The van der Waals surface area contributed by atoms with Crippen molar-refractivity contribution in [2.75, 3.05) is 7.11 Å². The Morgan fingerprint density at radius 3 is 2.55 bits per heavy atom. The molecule has 1 unspecified atom stereocenters. The monoisotopic (exact) mass is 358 g/mol. The van der Waals surface area contributed by atoms with Crippen LogP contribution in [0.25, 0.3) is 0 Å². The number of benzene rings is 2. The van der Waals surface area contributed by atoms with Crippen LogP contribution in [0.15, 0.2) is 34.8 Å². The number of halogens is 3. The van der Waals surface area contributed by atoms with E-state index in [4.69, 9.17) is 16.3 Å². The quantitative estimate of drug-likeness (QED) is 0.865. The molecule has 0 heterocycles. The van der Waals surface area contributed by atoms with Gasteiger partial charge in [-0.25, -0.2) is 4.39 Å². The largest absolute Gasteiger partial charge is 0.494 e. The highest BCUT2D eigenvalue weighted by Crippen LogP contribution is 2.36. The molecule has 0 fully saturated rings. The van der Waals surface area contributed by atoms with E-state index in [2.05, 4.69) is 15.9 Å². The number of aryl methyl sites for hydroxylation is 1. The average molecular weight is 360 g/mol. The zero-order chi connectivity index (χ0) is 14.9. The molecule has 0 saturated heterocycles. The molecule has 0 aromatic heterocycles. The van der Waals surface area contributed by atoms with Crippen molar-refractivity contribution in [1.29, 1.82) is 0 Å². The molecule has 5 heteroatoms. The van der Waals surface area contributed by atoms with Gasteiger partial charge in [-0.3, -0.25) is 0 Å². The third kappa shape index (κ3) is 2.97. The molecular formula is C15H13BrClFO2. The van der Waals surface area contributed by atoms with Gasteiger partial charge in [0, 0.05) is 15.1 Å². The molecule has 20 heavy (non-hydrogen) atoms. The topological polar surface area (TPSA) is 29.5 Å². The molecular weight excluding hydrogens is 347 g/mol. The molecule has 0 spiro atoms. The van der Waals surface area contributed by atoms with Gasteiger partial charge in [-0.1, -0.05) is 39.7 Å². The molecule has 0 aliphatic heterocycles. The standard InChI is InChI=1S/C15H13BrClFO2/c1-8-3-4-9(11(16)5-8)15(19)10-6-14(20-2)13(18)7-12(10)17/h3-7,15,19H,1-2H3. The Balaban J connectivity index is 2.50. The molecule has 2 aromatic rings. The Morgan fingerprint density at radius 1 is 1.25 bits per heavy atom. The Kier molecular flexibility index (Phi) is 4.68. The van der Waals surface area contributed by atoms with E-state index in [0.29, 0.717) is 11.1 Å². The van der Waals surface area contributed by atoms with Crippen molar-refractivity contribution in [3.63, 3.8) is 0 Å². The molecule has 0 radical (unpaired) electrons. The maximum Gasteiger partial charge on any atom is 0.166 e. The SMILES string of the molecule is COc1cc(C(O)c2ccc(C)cc2Br)c(Cl)cc1F. The fraction of sp³-hybridized carbons (Fsp3) is 0.200. The van der Waals surface area contributed by atoms with E-state index in [1.807, 2.05) is 19.1 Å². The molecule has 0 amide bonds. The summed E-state index contributed by atoms with van der Waals surface area (Å²) in [6, 6.07) is 8.14. The van der Waals surface area contributed by atoms with Gasteiger partial charge in [0.25, 0.3) is 0 Å². The summed E-state index contributed by atoms with van der Waals surface area (Å²) in [5, 5.41) is 10.6. The number of hydrogen-bond donors (Lipinski definition) is 1. The van der Waals surface area contributed by atoms with E-state index in [9.17, 15) is 9.50 Å². The fourth-order valence-corrected chi connectivity index (χ4v) is 2.90. The van der Waals surface area contributed by atoms with Gasteiger partial charge in [0.1, 0.15) is 6.10 Å². The van der Waals surface area contributed by atoms with Crippen molar-refractivity contribution < 1.29 is 14.2 Å². The first kappa shape index (κ1) is 15.3. The Labute approximate surface area is 130 Å². The lowest BCUT2D eigenvalue weighted by molar-refractivity contribution is 0.219. The number of rotatable bonds is 3. The van der Waals surface area contributed by atoms with Gasteiger partial charge in [-0.15, -0.1) is 0 Å². The highest BCUT2D eigenvalue weighted by Gasteiger charge is 2.19. The molecule has 2 rings (SSSR count). The second kappa shape index (κ2) is 6.12. The van der Waals surface area contributed by atoms with E-state index < -0.39 is 11.9 Å². The first-order valence-electron chi connectivity index (χ1n) is 5.91. The zero-order valence-electron chi connectivity index (χ0n) is 11.0. The third-order valence-electron chi connectivity index (χ3n) is 3.02. The van der Waals surface area contributed by atoms with Crippen molar-refractivity contribution in [3.05, 3.63) is 62.3 Å². The predicted molar refractivity (Wildman–Crippen MR) is 80.9 cm³/mol.